The fourth-order valence-electron chi connectivity index (χ4n) is 2.28. The molecule has 0 unspecified atom stereocenters. The molecule has 0 radical (unpaired) electrons. The molecule has 0 spiro atoms. The summed E-state index contributed by atoms with van der Waals surface area (Å²) in [4.78, 5) is 23.5. The van der Waals surface area contributed by atoms with Crippen LogP contribution < -0.4 is 4.74 Å². The fraction of sp³-hybridized carbons (Fsp3) is 0.364. The maximum absolute atomic E-state index is 11.8. The summed E-state index contributed by atoms with van der Waals surface area (Å²) in [7, 11) is 0. The topological polar surface area (TPSA) is 61.8 Å². The largest absolute Gasteiger partial charge is 0.514 e. The highest BCUT2D eigenvalue weighted by Crippen LogP contribution is 2.23. The summed E-state index contributed by atoms with van der Waals surface area (Å²) in [6.07, 6.45) is 2.38. The zero-order valence-electron chi connectivity index (χ0n) is 16.7. The van der Waals surface area contributed by atoms with Gasteiger partial charge in [0.2, 0.25) is 0 Å². The molecule has 0 N–H and O–H groups in total. The third kappa shape index (κ3) is 7.13. The predicted molar refractivity (Wildman–Crippen MR) is 106 cm³/mol. The van der Waals surface area contributed by atoms with Crippen LogP contribution in [0.3, 0.4) is 0 Å². The van der Waals surface area contributed by atoms with E-state index in [0.717, 1.165) is 16.3 Å². The van der Waals surface area contributed by atoms with Crippen LogP contribution in [-0.4, -0.2) is 23.3 Å². The first-order chi connectivity index (χ1) is 12.4. The highest BCUT2D eigenvalue weighted by atomic mass is 16.7. The minimum Gasteiger partial charge on any atom is -0.457 e. The van der Waals surface area contributed by atoms with Crippen molar-refractivity contribution in [1.29, 1.82) is 0 Å². The van der Waals surface area contributed by atoms with Gasteiger partial charge in [0.1, 0.15) is 17.0 Å². The Hall–Kier alpha value is -2.82. The van der Waals surface area contributed by atoms with Crippen molar-refractivity contribution in [3.05, 3.63) is 48.0 Å². The Labute approximate surface area is 159 Å². The first-order valence-corrected chi connectivity index (χ1v) is 8.77. The number of esters is 1. The second kappa shape index (κ2) is 7.82. The summed E-state index contributed by atoms with van der Waals surface area (Å²) < 4.78 is 15.6. The predicted octanol–water partition coefficient (Wildman–Crippen LogP) is 5.51. The van der Waals surface area contributed by atoms with Gasteiger partial charge in [0.25, 0.3) is 0 Å². The first kappa shape index (κ1) is 20.5. The van der Waals surface area contributed by atoms with Crippen LogP contribution in [0.2, 0.25) is 0 Å². The number of hydrogen-bond donors (Lipinski definition) is 0. The highest BCUT2D eigenvalue weighted by molar-refractivity contribution is 5.90. The third-order valence-electron chi connectivity index (χ3n) is 3.25. The quantitative estimate of drug-likeness (QED) is 0.405. The lowest BCUT2D eigenvalue weighted by atomic mass is 10.1. The van der Waals surface area contributed by atoms with Gasteiger partial charge in [0, 0.05) is 6.08 Å². The SMILES string of the molecule is CC(C)(C)OC(=O)/C=C/c1ccc2cc(OC(=O)OC(C)(C)C)ccc2c1. The Morgan fingerprint density at radius 2 is 1.41 bits per heavy atom. The molecule has 0 aliphatic carbocycles. The second-order valence-corrected chi connectivity index (χ2v) is 8.20. The van der Waals surface area contributed by atoms with Crippen molar-refractivity contribution in [2.24, 2.45) is 0 Å². The van der Waals surface area contributed by atoms with E-state index < -0.39 is 17.4 Å². The van der Waals surface area contributed by atoms with Crippen LogP contribution in [0.25, 0.3) is 16.8 Å². The molecule has 0 aliphatic heterocycles. The van der Waals surface area contributed by atoms with Crippen LogP contribution in [0.5, 0.6) is 5.75 Å². The molecule has 5 nitrogen and oxygen atoms in total. The molecule has 0 aromatic heterocycles. The Kier molecular flexibility index (Phi) is 5.94. The summed E-state index contributed by atoms with van der Waals surface area (Å²) in [5.41, 5.74) is -0.257. The Bertz CT molecular complexity index is 866. The average molecular weight is 370 g/mol. The molecule has 0 bridgehead atoms. The Morgan fingerprint density at radius 1 is 0.815 bits per heavy atom. The van der Waals surface area contributed by atoms with Crippen molar-refractivity contribution in [3.8, 4) is 5.75 Å². The van der Waals surface area contributed by atoms with E-state index in [1.807, 2.05) is 45.0 Å². The molecule has 0 heterocycles. The molecule has 144 valence electrons. The molecule has 0 saturated heterocycles. The van der Waals surface area contributed by atoms with Crippen molar-refractivity contribution in [1.82, 2.24) is 0 Å². The zero-order chi connectivity index (χ0) is 20.2. The lowest BCUT2D eigenvalue weighted by Gasteiger charge is -2.18. The van der Waals surface area contributed by atoms with E-state index in [4.69, 9.17) is 14.2 Å². The number of ether oxygens (including phenoxy) is 3. The molecule has 0 atom stereocenters. The smallest absolute Gasteiger partial charge is 0.457 e. The number of carbonyl (C=O) groups excluding carboxylic acids is 2. The van der Waals surface area contributed by atoms with Gasteiger partial charge in [-0.3, -0.25) is 0 Å². The maximum atomic E-state index is 11.8. The number of carbonyl (C=O) groups is 2. The van der Waals surface area contributed by atoms with E-state index in [1.54, 1.807) is 39.0 Å². The van der Waals surface area contributed by atoms with Gasteiger partial charge in [0.05, 0.1) is 0 Å². The molecular weight excluding hydrogens is 344 g/mol. The molecule has 0 amide bonds. The molecule has 5 heteroatoms. The summed E-state index contributed by atoms with van der Waals surface area (Å²) in [6.45, 7) is 10.8. The molecule has 0 saturated carbocycles. The average Bonchev–Trinajstić information content (AvgIpc) is 2.49. The van der Waals surface area contributed by atoms with Crippen molar-refractivity contribution >= 4 is 29.0 Å². The standard InChI is InChI=1S/C22H26O5/c1-21(2,3)26-19(23)12-8-15-7-9-17-14-18(11-10-16(17)13-15)25-20(24)27-22(4,5)6/h7-14H,1-6H3/b12-8+. The van der Waals surface area contributed by atoms with Gasteiger partial charge in [-0.25, -0.2) is 9.59 Å². The van der Waals surface area contributed by atoms with Crippen molar-refractivity contribution in [2.45, 2.75) is 52.7 Å². The Balaban J connectivity index is 2.11. The van der Waals surface area contributed by atoms with Crippen LogP contribution in [0, 0.1) is 0 Å². The van der Waals surface area contributed by atoms with Crippen molar-refractivity contribution < 1.29 is 23.8 Å². The number of benzene rings is 2. The van der Waals surface area contributed by atoms with Gasteiger partial charge in [-0.05, 0) is 82.2 Å². The van der Waals surface area contributed by atoms with Gasteiger partial charge >= 0.3 is 12.1 Å². The van der Waals surface area contributed by atoms with Crippen LogP contribution in [-0.2, 0) is 14.3 Å². The van der Waals surface area contributed by atoms with E-state index >= 15 is 0 Å². The lowest BCUT2D eigenvalue weighted by Crippen LogP contribution is -2.25. The van der Waals surface area contributed by atoms with Gasteiger partial charge in [-0.2, -0.15) is 0 Å². The van der Waals surface area contributed by atoms with Gasteiger partial charge in [-0.1, -0.05) is 18.2 Å². The van der Waals surface area contributed by atoms with Crippen molar-refractivity contribution in [2.75, 3.05) is 0 Å². The van der Waals surface area contributed by atoms with E-state index in [9.17, 15) is 9.59 Å². The zero-order valence-corrected chi connectivity index (χ0v) is 16.7. The molecule has 27 heavy (non-hydrogen) atoms. The molecule has 0 aliphatic rings. The fourth-order valence-corrected chi connectivity index (χ4v) is 2.28. The lowest BCUT2D eigenvalue weighted by molar-refractivity contribution is -0.148. The number of fused-ring (bicyclic) bond motifs is 1. The Morgan fingerprint density at radius 3 is 2.04 bits per heavy atom. The van der Waals surface area contributed by atoms with Crippen LogP contribution >= 0.6 is 0 Å². The summed E-state index contributed by atoms with van der Waals surface area (Å²) in [5, 5.41) is 1.86. The van der Waals surface area contributed by atoms with Gasteiger partial charge in [-0.15, -0.1) is 0 Å². The molecule has 2 aromatic rings. The third-order valence-corrected chi connectivity index (χ3v) is 3.25. The van der Waals surface area contributed by atoms with Crippen molar-refractivity contribution in [3.63, 3.8) is 0 Å². The maximum Gasteiger partial charge on any atom is 0.514 e. The number of rotatable bonds is 3. The van der Waals surface area contributed by atoms with Crippen LogP contribution in [0.4, 0.5) is 4.79 Å². The highest BCUT2D eigenvalue weighted by Gasteiger charge is 2.18. The molecule has 0 fully saturated rings. The summed E-state index contributed by atoms with van der Waals surface area (Å²) >= 11 is 0. The van der Waals surface area contributed by atoms with Crippen LogP contribution in [0.1, 0.15) is 47.1 Å². The molecule has 2 rings (SSSR count). The van der Waals surface area contributed by atoms with Gasteiger partial charge < -0.3 is 14.2 Å². The van der Waals surface area contributed by atoms with E-state index in [0.29, 0.717) is 5.75 Å². The summed E-state index contributed by atoms with van der Waals surface area (Å²) in [6, 6.07) is 11.0. The monoisotopic (exact) mass is 370 g/mol. The van der Waals surface area contributed by atoms with Gasteiger partial charge in [0.15, 0.2) is 0 Å². The molecule has 2 aromatic carbocycles. The van der Waals surface area contributed by atoms with E-state index in [1.165, 1.54) is 6.08 Å². The van der Waals surface area contributed by atoms with Crippen LogP contribution in [0.15, 0.2) is 42.5 Å². The normalized spacial score (nSPS) is 12.2. The van der Waals surface area contributed by atoms with E-state index in [-0.39, 0.29) is 5.97 Å². The first-order valence-electron chi connectivity index (χ1n) is 8.77. The number of hydrogen-bond acceptors (Lipinski definition) is 5. The second-order valence-electron chi connectivity index (χ2n) is 8.20. The van der Waals surface area contributed by atoms with E-state index in [2.05, 4.69) is 0 Å². The molecular formula is C22H26O5. The minimum atomic E-state index is -0.737. The minimum absolute atomic E-state index is 0.385. The summed E-state index contributed by atoms with van der Waals surface area (Å²) in [5.74, 6) is 0.0255.